The molecule has 0 atom stereocenters. The molecule has 0 aliphatic rings. The summed E-state index contributed by atoms with van der Waals surface area (Å²) in [6.07, 6.45) is 8.41. The molecule has 0 aromatic carbocycles. The first-order valence-electron chi connectivity index (χ1n) is 6.26. The topological polar surface area (TPSA) is 81.4 Å². The molecule has 2 heterocycles. The minimum atomic E-state index is -0.150. The predicted octanol–water partition coefficient (Wildman–Crippen LogP) is 1.27. The summed E-state index contributed by atoms with van der Waals surface area (Å²) in [4.78, 5) is 15.1. The molecule has 0 amide bonds. The Morgan fingerprint density at radius 1 is 1.42 bits per heavy atom. The van der Waals surface area contributed by atoms with Crippen LogP contribution in [0.3, 0.4) is 0 Å². The van der Waals surface area contributed by atoms with Crippen molar-refractivity contribution >= 4 is 17.4 Å². The highest BCUT2D eigenvalue weighted by Gasteiger charge is 2.03. The molecule has 2 aromatic heterocycles. The standard InChI is InChI=1S/C12H17N5O2/c1-19-10(18)5-3-2-4-6-13-11-12-16-15-9-17(12)8-7-14-11/h7-9H,2-6H2,1H3,(H,13,14). The van der Waals surface area contributed by atoms with Crippen molar-refractivity contribution in [2.45, 2.75) is 25.7 Å². The Morgan fingerprint density at radius 2 is 2.32 bits per heavy atom. The maximum Gasteiger partial charge on any atom is 0.305 e. The van der Waals surface area contributed by atoms with Crippen molar-refractivity contribution < 1.29 is 9.53 Å². The van der Waals surface area contributed by atoms with E-state index in [1.54, 1.807) is 18.7 Å². The van der Waals surface area contributed by atoms with E-state index in [9.17, 15) is 4.79 Å². The Morgan fingerprint density at radius 3 is 3.16 bits per heavy atom. The zero-order valence-corrected chi connectivity index (χ0v) is 10.9. The van der Waals surface area contributed by atoms with Gasteiger partial charge in [0.1, 0.15) is 6.33 Å². The predicted molar refractivity (Wildman–Crippen MR) is 69.8 cm³/mol. The van der Waals surface area contributed by atoms with E-state index in [4.69, 9.17) is 0 Å². The van der Waals surface area contributed by atoms with Gasteiger partial charge in [-0.1, -0.05) is 6.42 Å². The lowest BCUT2D eigenvalue weighted by atomic mass is 10.2. The van der Waals surface area contributed by atoms with Crippen LogP contribution in [0, 0.1) is 0 Å². The zero-order chi connectivity index (χ0) is 13.5. The Hall–Kier alpha value is -2.18. The van der Waals surface area contributed by atoms with Crippen LogP contribution in [0.4, 0.5) is 5.82 Å². The monoisotopic (exact) mass is 263 g/mol. The summed E-state index contributed by atoms with van der Waals surface area (Å²) in [5.41, 5.74) is 0.720. The van der Waals surface area contributed by atoms with E-state index in [0.29, 0.717) is 6.42 Å². The molecular weight excluding hydrogens is 246 g/mol. The first-order chi connectivity index (χ1) is 9.31. The average molecular weight is 263 g/mol. The number of rotatable bonds is 7. The lowest BCUT2D eigenvalue weighted by Crippen LogP contribution is -2.06. The third-order valence-electron chi connectivity index (χ3n) is 2.79. The quantitative estimate of drug-likeness (QED) is 0.598. The number of carbonyl (C=O) groups is 1. The number of hydrogen-bond acceptors (Lipinski definition) is 6. The van der Waals surface area contributed by atoms with E-state index in [0.717, 1.165) is 37.3 Å². The Labute approximate surface area is 111 Å². The van der Waals surface area contributed by atoms with Gasteiger partial charge >= 0.3 is 5.97 Å². The highest BCUT2D eigenvalue weighted by Crippen LogP contribution is 2.10. The molecule has 0 fully saturated rings. The summed E-state index contributed by atoms with van der Waals surface area (Å²) < 4.78 is 6.39. The van der Waals surface area contributed by atoms with Gasteiger partial charge in [-0.05, 0) is 12.8 Å². The fourth-order valence-electron chi connectivity index (χ4n) is 1.76. The van der Waals surface area contributed by atoms with E-state index in [-0.39, 0.29) is 5.97 Å². The summed E-state index contributed by atoms with van der Waals surface area (Å²) in [6.45, 7) is 0.792. The van der Waals surface area contributed by atoms with Gasteiger partial charge in [0.2, 0.25) is 5.65 Å². The molecule has 2 aromatic rings. The maximum absolute atomic E-state index is 10.9. The zero-order valence-electron chi connectivity index (χ0n) is 10.9. The Balaban J connectivity index is 1.71. The lowest BCUT2D eigenvalue weighted by molar-refractivity contribution is -0.140. The van der Waals surface area contributed by atoms with Crippen LogP contribution in [0.15, 0.2) is 18.7 Å². The van der Waals surface area contributed by atoms with E-state index in [2.05, 4.69) is 25.2 Å². The Bertz CT molecular complexity index is 540. The second kappa shape index (κ2) is 6.67. The first kappa shape index (κ1) is 13.3. The number of methoxy groups -OCH3 is 1. The van der Waals surface area contributed by atoms with Gasteiger partial charge in [-0.2, -0.15) is 0 Å². The summed E-state index contributed by atoms with van der Waals surface area (Å²) in [6, 6.07) is 0. The van der Waals surface area contributed by atoms with Gasteiger partial charge in [-0.3, -0.25) is 9.20 Å². The van der Waals surface area contributed by atoms with Crippen LogP contribution in [-0.4, -0.2) is 39.2 Å². The number of hydrogen-bond donors (Lipinski definition) is 1. The normalized spacial score (nSPS) is 10.6. The summed E-state index contributed by atoms with van der Waals surface area (Å²) in [7, 11) is 1.41. The van der Waals surface area contributed by atoms with Crippen molar-refractivity contribution in [2.75, 3.05) is 19.0 Å². The number of carbonyl (C=O) groups excluding carboxylic acids is 1. The molecule has 0 aliphatic carbocycles. The fourth-order valence-corrected chi connectivity index (χ4v) is 1.76. The van der Waals surface area contributed by atoms with Crippen molar-refractivity contribution in [2.24, 2.45) is 0 Å². The van der Waals surface area contributed by atoms with E-state index in [1.165, 1.54) is 7.11 Å². The van der Waals surface area contributed by atoms with E-state index in [1.807, 2.05) is 4.40 Å². The lowest BCUT2D eigenvalue weighted by Gasteiger charge is -2.05. The van der Waals surface area contributed by atoms with Crippen LogP contribution in [-0.2, 0) is 9.53 Å². The summed E-state index contributed by atoms with van der Waals surface area (Å²) >= 11 is 0. The number of esters is 1. The van der Waals surface area contributed by atoms with Crippen LogP contribution in [0.1, 0.15) is 25.7 Å². The molecule has 2 rings (SSSR count). The number of nitrogens with zero attached hydrogens (tertiary/aromatic N) is 4. The molecular formula is C12H17N5O2. The highest BCUT2D eigenvalue weighted by molar-refractivity contribution is 5.69. The molecule has 7 nitrogen and oxygen atoms in total. The highest BCUT2D eigenvalue weighted by atomic mass is 16.5. The van der Waals surface area contributed by atoms with Crippen molar-refractivity contribution in [3.63, 3.8) is 0 Å². The van der Waals surface area contributed by atoms with E-state index >= 15 is 0 Å². The third kappa shape index (κ3) is 3.64. The van der Waals surface area contributed by atoms with E-state index < -0.39 is 0 Å². The van der Waals surface area contributed by atoms with Crippen LogP contribution in [0.2, 0.25) is 0 Å². The van der Waals surface area contributed by atoms with Crippen molar-refractivity contribution in [1.29, 1.82) is 0 Å². The summed E-state index contributed by atoms with van der Waals surface area (Å²) in [5, 5.41) is 11.1. The molecule has 0 unspecified atom stereocenters. The van der Waals surface area contributed by atoms with Crippen molar-refractivity contribution in [3.8, 4) is 0 Å². The van der Waals surface area contributed by atoms with Gasteiger partial charge < -0.3 is 10.1 Å². The summed E-state index contributed by atoms with van der Waals surface area (Å²) in [5.74, 6) is 0.579. The second-order valence-corrected chi connectivity index (χ2v) is 4.15. The van der Waals surface area contributed by atoms with Crippen molar-refractivity contribution in [3.05, 3.63) is 18.7 Å². The largest absolute Gasteiger partial charge is 0.469 e. The minimum absolute atomic E-state index is 0.150. The van der Waals surface area contributed by atoms with Crippen LogP contribution < -0.4 is 5.32 Å². The molecule has 19 heavy (non-hydrogen) atoms. The van der Waals surface area contributed by atoms with Crippen LogP contribution >= 0.6 is 0 Å². The smallest absolute Gasteiger partial charge is 0.305 e. The SMILES string of the molecule is COC(=O)CCCCCNc1nccn2cnnc12. The van der Waals surface area contributed by atoms with Gasteiger partial charge in [0.15, 0.2) is 5.82 Å². The van der Waals surface area contributed by atoms with Crippen molar-refractivity contribution in [1.82, 2.24) is 19.6 Å². The number of aromatic nitrogens is 4. The van der Waals surface area contributed by atoms with Gasteiger partial charge in [0.05, 0.1) is 7.11 Å². The number of unbranched alkanes of at least 4 members (excludes halogenated alkanes) is 2. The molecule has 102 valence electrons. The van der Waals surface area contributed by atoms with Gasteiger partial charge in [0.25, 0.3) is 0 Å². The minimum Gasteiger partial charge on any atom is -0.469 e. The number of nitrogens with one attached hydrogen (secondary N) is 1. The molecule has 0 bridgehead atoms. The molecule has 0 radical (unpaired) electrons. The molecule has 7 heteroatoms. The third-order valence-corrected chi connectivity index (χ3v) is 2.79. The van der Waals surface area contributed by atoms with Gasteiger partial charge in [0, 0.05) is 25.4 Å². The molecule has 0 spiro atoms. The molecule has 0 saturated carbocycles. The molecule has 1 N–H and O–H groups in total. The van der Waals surface area contributed by atoms with Gasteiger partial charge in [-0.25, -0.2) is 4.98 Å². The van der Waals surface area contributed by atoms with Crippen LogP contribution in [0.25, 0.3) is 5.65 Å². The first-order valence-corrected chi connectivity index (χ1v) is 6.26. The second-order valence-electron chi connectivity index (χ2n) is 4.15. The number of fused-ring (bicyclic) bond motifs is 1. The molecule has 0 saturated heterocycles. The van der Waals surface area contributed by atoms with Crippen LogP contribution in [0.5, 0.6) is 0 Å². The Kier molecular flexibility index (Phi) is 4.66. The average Bonchev–Trinajstić information content (AvgIpc) is 2.91. The number of ether oxygens (including phenoxy) is 1. The number of anilines is 1. The molecule has 0 aliphatic heterocycles. The fraction of sp³-hybridized carbons (Fsp3) is 0.500. The van der Waals surface area contributed by atoms with Gasteiger partial charge in [-0.15, -0.1) is 10.2 Å². The maximum atomic E-state index is 10.9.